The number of halogens is 4. The number of pyridine rings is 1. The molecule has 0 fully saturated rings. The third kappa shape index (κ3) is 2.52. The largest absolute Gasteiger partial charge is 0.350 e. The minimum Gasteiger partial charge on any atom is -0.350 e. The van der Waals surface area contributed by atoms with Gasteiger partial charge in [0.1, 0.15) is 5.69 Å². The van der Waals surface area contributed by atoms with Gasteiger partial charge in [0.2, 0.25) is 11.6 Å². The van der Waals surface area contributed by atoms with Crippen molar-refractivity contribution in [3.63, 3.8) is 0 Å². The van der Waals surface area contributed by atoms with E-state index in [1.165, 1.54) is 0 Å². The standard InChI is InChI=1S/C13H10F4N2/c1-6-3-4-7(2)8(5-6)18-11-9(14)12(16)19-13(17)10(11)15/h3-5H,1-2H3,(H,18,19). The summed E-state index contributed by atoms with van der Waals surface area (Å²) in [6.45, 7) is 3.48. The zero-order valence-corrected chi connectivity index (χ0v) is 10.2. The molecule has 100 valence electrons. The number of aryl methyl sites for hydroxylation is 2. The Bertz CT molecular complexity index is 615. The molecule has 2 nitrogen and oxygen atoms in total. The van der Waals surface area contributed by atoms with Crippen LogP contribution in [0.25, 0.3) is 0 Å². The second-order valence-electron chi connectivity index (χ2n) is 4.14. The summed E-state index contributed by atoms with van der Waals surface area (Å²) in [5.74, 6) is -6.49. The molecule has 0 bridgehead atoms. The Hall–Kier alpha value is -2.11. The zero-order valence-electron chi connectivity index (χ0n) is 10.2. The van der Waals surface area contributed by atoms with Gasteiger partial charge < -0.3 is 5.32 Å². The summed E-state index contributed by atoms with van der Waals surface area (Å²) in [5.41, 5.74) is 0.993. The average Bonchev–Trinajstić information content (AvgIpc) is 2.36. The molecule has 0 atom stereocenters. The van der Waals surface area contributed by atoms with Crippen molar-refractivity contribution in [3.8, 4) is 0 Å². The van der Waals surface area contributed by atoms with Crippen molar-refractivity contribution >= 4 is 11.4 Å². The number of hydrogen-bond donors (Lipinski definition) is 1. The first-order chi connectivity index (χ1) is 8.90. The Morgan fingerprint density at radius 3 is 2.11 bits per heavy atom. The van der Waals surface area contributed by atoms with Gasteiger partial charge in [-0.05, 0) is 31.0 Å². The lowest BCUT2D eigenvalue weighted by molar-refractivity contribution is 0.411. The SMILES string of the molecule is Cc1ccc(C)c(Nc2c(F)c(F)nc(F)c2F)c1. The molecule has 0 aliphatic carbocycles. The highest BCUT2D eigenvalue weighted by atomic mass is 19.2. The van der Waals surface area contributed by atoms with E-state index in [-0.39, 0.29) is 0 Å². The van der Waals surface area contributed by atoms with Crippen molar-refractivity contribution in [2.24, 2.45) is 0 Å². The fourth-order valence-corrected chi connectivity index (χ4v) is 1.60. The molecule has 1 aromatic heterocycles. The summed E-state index contributed by atoms with van der Waals surface area (Å²) < 4.78 is 52.8. The quantitative estimate of drug-likeness (QED) is 0.659. The van der Waals surface area contributed by atoms with Crippen LogP contribution in [0.3, 0.4) is 0 Å². The van der Waals surface area contributed by atoms with E-state index in [0.717, 1.165) is 5.56 Å². The lowest BCUT2D eigenvalue weighted by Gasteiger charge is -2.12. The smallest absolute Gasteiger partial charge is 0.253 e. The Kier molecular flexibility index (Phi) is 3.42. The number of benzene rings is 1. The van der Waals surface area contributed by atoms with Crippen LogP contribution in [0.1, 0.15) is 11.1 Å². The van der Waals surface area contributed by atoms with Crippen LogP contribution in [-0.2, 0) is 0 Å². The number of anilines is 2. The number of hydrogen-bond acceptors (Lipinski definition) is 2. The van der Waals surface area contributed by atoms with E-state index in [1.807, 2.05) is 0 Å². The Labute approximate surface area is 107 Å². The molecule has 0 aliphatic rings. The summed E-state index contributed by atoms with van der Waals surface area (Å²) in [4.78, 5) is 2.49. The Balaban J connectivity index is 2.52. The summed E-state index contributed by atoms with van der Waals surface area (Å²) in [6, 6.07) is 5.15. The lowest BCUT2D eigenvalue weighted by Crippen LogP contribution is -2.06. The molecule has 6 heteroatoms. The van der Waals surface area contributed by atoms with E-state index in [9.17, 15) is 17.6 Å². The molecule has 1 N–H and O–H groups in total. The van der Waals surface area contributed by atoms with Crippen LogP contribution in [0, 0.1) is 37.4 Å². The van der Waals surface area contributed by atoms with E-state index in [1.54, 1.807) is 32.0 Å². The summed E-state index contributed by atoms with van der Waals surface area (Å²) in [7, 11) is 0. The normalized spacial score (nSPS) is 10.6. The van der Waals surface area contributed by atoms with Gasteiger partial charge in [0.05, 0.1) is 0 Å². The zero-order chi connectivity index (χ0) is 14.2. The van der Waals surface area contributed by atoms with Crippen LogP contribution < -0.4 is 5.32 Å². The monoisotopic (exact) mass is 270 g/mol. The fraction of sp³-hybridized carbons (Fsp3) is 0.154. The van der Waals surface area contributed by atoms with Gasteiger partial charge >= 0.3 is 0 Å². The average molecular weight is 270 g/mol. The summed E-state index contributed by atoms with van der Waals surface area (Å²) >= 11 is 0. The van der Waals surface area contributed by atoms with Crippen LogP contribution >= 0.6 is 0 Å². The van der Waals surface area contributed by atoms with Crippen LogP contribution in [0.5, 0.6) is 0 Å². The summed E-state index contributed by atoms with van der Waals surface area (Å²) in [5, 5.41) is 2.36. The molecule has 2 rings (SSSR count). The minimum absolute atomic E-state index is 0.364. The second-order valence-corrected chi connectivity index (χ2v) is 4.14. The van der Waals surface area contributed by atoms with Crippen molar-refractivity contribution in [1.82, 2.24) is 4.98 Å². The van der Waals surface area contributed by atoms with Crippen molar-refractivity contribution in [3.05, 3.63) is 52.9 Å². The maximum Gasteiger partial charge on any atom is 0.253 e. The predicted octanol–water partition coefficient (Wildman–Crippen LogP) is 4.00. The first-order valence-electron chi connectivity index (χ1n) is 5.44. The van der Waals surface area contributed by atoms with E-state index >= 15 is 0 Å². The highest BCUT2D eigenvalue weighted by Gasteiger charge is 2.21. The molecule has 19 heavy (non-hydrogen) atoms. The number of rotatable bonds is 2. The van der Waals surface area contributed by atoms with E-state index < -0.39 is 29.2 Å². The van der Waals surface area contributed by atoms with Gasteiger partial charge in [0, 0.05) is 5.69 Å². The minimum atomic E-state index is -1.69. The first kappa shape index (κ1) is 13.3. The van der Waals surface area contributed by atoms with E-state index in [2.05, 4.69) is 10.3 Å². The van der Waals surface area contributed by atoms with Crippen LogP contribution in [0.2, 0.25) is 0 Å². The van der Waals surface area contributed by atoms with Gasteiger partial charge in [-0.2, -0.15) is 22.5 Å². The van der Waals surface area contributed by atoms with E-state index in [4.69, 9.17) is 0 Å². The van der Waals surface area contributed by atoms with Gasteiger partial charge in [0.25, 0.3) is 11.9 Å². The Morgan fingerprint density at radius 1 is 0.947 bits per heavy atom. The second kappa shape index (κ2) is 4.87. The molecule has 0 spiro atoms. The molecule has 1 heterocycles. The molecule has 0 aliphatic heterocycles. The number of nitrogens with zero attached hydrogens (tertiary/aromatic N) is 1. The highest BCUT2D eigenvalue weighted by Crippen LogP contribution is 2.27. The predicted molar refractivity (Wildman–Crippen MR) is 63.3 cm³/mol. The third-order valence-corrected chi connectivity index (χ3v) is 2.65. The van der Waals surface area contributed by atoms with Gasteiger partial charge in [-0.1, -0.05) is 12.1 Å². The molecular formula is C13H10F4N2. The van der Waals surface area contributed by atoms with Gasteiger partial charge in [-0.15, -0.1) is 0 Å². The third-order valence-electron chi connectivity index (χ3n) is 2.65. The topological polar surface area (TPSA) is 24.9 Å². The first-order valence-corrected chi connectivity index (χ1v) is 5.44. The van der Waals surface area contributed by atoms with Crippen molar-refractivity contribution in [1.29, 1.82) is 0 Å². The molecule has 0 radical (unpaired) electrons. The molecule has 0 amide bonds. The van der Waals surface area contributed by atoms with Crippen molar-refractivity contribution < 1.29 is 17.6 Å². The van der Waals surface area contributed by atoms with Crippen molar-refractivity contribution in [2.75, 3.05) is 5.32 Å². The van der Waals surface area contributed by atoms with Gasteiger partial charge in [-0.3, -0.25) is 0 Å². The number of aromatic nitrogens is 1. The van der Waals surface area contributed by atoms with Gasteiger partial charge in [-0.25, -0.2) is 0 Å². The van der Waals surface area contributed by atoms with Crippen LogP contribution in [0.4, 0.5) is 28.9 Å². The van der Waals surface area contributed by atoms with E-state index in [0.29, 0.717) is 11.3 Å². The highest BCUT2D eigenvalue weighted by molar-refractivity contribution is 5.64. The maximum absolute atomic E-state index is 13.5. The van der Waals surface area contributed by atoms with Crippen LogP contribution in [0.15, 0.2) is 18.2 Å². The summed E-state index contributed by atoms with van der Waals surface area (Å²) in [6.07, 6.45) is 0. The Morgan fingerprint density at radius 2 is 1.53 bits per heavy atom. The molecule has 0 saturated carbocycles. The molecule has 1 aromatic carbocycles. The fourth-order valence-electron chi connectivity index (χ4n) is 1.60. The van der Waals surface area contributed by atoms with Crippen LogP contribution in [-0.4, -0.2) is 4.98 Å². The van der Waals surface area contributed by atoms with Gasteiger partial charge in [0.15, 0.2) is 0 Å². The number of nitrogens with one attached hydrogen (secondary N) is 1. The maximum atomic E-state index is 13.5. The molecule has 0 unspecified atom stereocenters. The van der Waals surface area contributed by atoms with Crippen molar-refractivity contribution in [2.45, 2.75) is 13.8 Å². The lowest BCUT2D eigenvalue weighted by atomic mass is 10.1. The molecule has 2 aromatic rings. The molecular weight excluding hydrogens is 260 g/mol. The molecule has 0 saturated heterocycles.